The Kier molecular flexibility index (Phi) is 1.65. The first kappa shape index (κ1) is 7.42. The van der Waals surface area contributed by atoms with Crippen LogP contribution in [0.2, 0.25) is 0 Å². The molecule has 2 aromatic heterocycles. The van der Waals surface area contributed by atoms with E-state index in [4.69, 9.17) is 5.73 Å². The third-order valence-electron chi connectivity index (χ3n) is 1.54. The highest BCUT2D eigenvalue weighted by molar-refractivity contribution is 7.79. The van der Waals surface area contributed by atoms with Gasteiger partial charge in [-0.3, -0.25) is 0 Å². The summed E-state index contributed by atoms with van der Waals surface area (Å²) < 4.78 is 1.65. The minimum absolute atomic E-state index is 0.543. The van der Waals surface area contributed by atoms with Crippen molar-refractivity contribution in [3.63, 3.8) is 0 Å². The number of aromatic nitrogens is 3. The summed E-state index contributed by atoms with van der Waals surface area (Å²) in [5.74, 6) is 1.26. The van der Waals surface area contributed by atoms with Gasteiger partial charge in [0.25, 0.3) is 0 Å². The Labute approximate surface area is 74.8 Å². The fourth-order valence-electron chi connectivity index (χ4n) is 1.01. The molecule has 0 saturated carbocycles. The predicted molar refractivity (Wildman–Crippen MR) is 50.1 cm³/mol. The van der Waals surface area contributed by atoms with Gasteiger partial charge in [0.2, 0.25) is 0 Å². The van der Waals surface area contributed by atoms with E-state index in [9.17, 15) is 0 Å². The van der Waals surface area contributed by atoms with Crippen LogP contribution >= 0.6 is 12.6 Å². The van der Waals surface area contributed by atoms with E-state index in [-0.39, 0.29) is 0 Å². The van der Waals surface area contributed by atoms with Gasteiger partial charge in [-0.25, -0.2) is 9.50 Å². The van der Waals surface area contributed by atoms with Gasteiger partial charge in [0.15, 0.2) is 11.5 Å². The fraction of sp³-hybridized carbons (Fsp3) is 0.143. The molecule has 0 radical (unpaired) electrons. The summed E-state index contributed by atoms with van der Waals surface area (Å²) in [6, 6.07) is 3.63. The number of pyridine rings is 1. The second-order valence-electron chi connectivity index (χ2n) is 2.45. The summed E-state index contributed by atoms with van der Waals surface area (Å²) in [7, 11) is 0. The number of hydrogen-bond donors (Lipinski definition) is 2. The second kappa shape index (κ2) is 2.67. The first-order valence-corrected chi connectivity index (χ1v) is 4.14. The van der Waals surface area contributed by atoms with E-state index in [0.717, 1.165) is 5.65 Å². The zero-order valence-corrected chi connectivity index (χ0v) is 7.20. The van der Waals surface area contributed by atoms with Gasteiger partial charge in [0.1, 0.15) is 0 Å². The van der Waals surface area contributed by atoms with E-state index in [2.05, 4.69) is 22.7 Å². The van der Waals surface area contributed by atoms with Crippen molar-refractivity contribution < 1.29 is 0 Å². The quantitative estimate of drug-likeness (QED) is 0.636. The molecule has 2 rings (SSSR count). The van der Waals surface area contributed by atoms with Crippen molar-refractivity contribution in [2.75, 3.05) is 5.73 Å². The van der Waals surface area contributed by atoms with Crippen LogP contribution in [-0.4, -0.2) is 14.6 Å². The summed E-state index contributed by atoms with van der Waals surface area (Å²) in [4.78, 5) is 4.19. The van der Waals surface area contributed by atoms with E-state index in [0.29, 0.717) is 17.3 Å². The smallest absolute Gasteiger partial charge is 0.161 e. The number of hydrogen-bond acceptors (Lipinski definition) is 4. The number of fused-ring (bicyclic) bond motifs is 1. The number of nitrogens with two attached hydrogens (primary N) is 1. The van der Waals surface area contributed by atoms with Crippen LogP contribution in [0.3, 0.4) is 0 Å². The SMILES string of the molecule is Nc1ccc2nc(CS)nn2c1. The zero-order chi connectivity index (χ0) is 8.55. The number of nitrogens with zero attached hydrogens (tertiary/aromatic N) is 3. The molecular formula is C7H8N4S. The van der Waals surface area contributed by atoms with Crippen molar-refractivity contribution in [1.29, 1.82) is 0 Å². The maximum absolute atomic E-state index is 5.57. The molecule has 0 saturated heterocycles. The Balaban J connectivity index is 2.67. The lowest BCUT2D eigenvalue weighted by Crippen LogP contribution is -1.91. The summed E-state index contributed by atoms with van der Waals surface area (Å²) in [6.07, 6.45) is 1.73. The maximum Gasteiger partial charge on any atom is 0.161 e. The molecule has 62 valence electrons. The molecule has 4 nitrogen and oxygen atoms in total. The van der Waals surface area contributed by atoms with Crippen LogP contribution in [-0.2, 0) is 5.75 Å². The molecule has 2 heterocycles. The molecule has 0 spiro atoms. The Bertz CT molecular complexity index is 409. The van der Waals surface area contributed by atoms with Crippen LogP contribution in [0.15, 0.2) is 18.3 Å². The van der Waals surface area contributed by atoms with Crippen molar-refractivity contribution in [2.24, 2.45) is 0 Å². The summed E-state index contributed by atoms with van der Waals surface area (Å²) in [5, 5.41) is 4.14. The number of thiol groups is 1. The van der Waals surface area contributed by atoms with Gasteiger partial charge in [-0.05, 0) is 12.1 Å². The fourth-order valence-corrected chi connectivity index (χ4v) is 1.15. The van der Waals surface area contributed by atoms with E-state index in [1.807, 2.05) is 6.07 Å². The highest BCUT2D eigenvalue weighted by atomic mass is 32.1. The monoisotopic (exact) mass is 180 g/mol. The minimum Gasteiger partial charge on any atom is -0.397 e. The van der Waals surface area contributed by atoms with Gasteiger partial charge < -0.3 is 5.73 Å². The van der Waals surface area contributed by atoms with Crippen LogP contribution < -0.4 is 5.73 Å². The topological polar surface area (TPSA) is 56.2 Å². The molecule has 0 unspecified atom stereocenters. The molecule has 12 heavy (non-hydrogen) atoms. The van der Waals surface area contributed by atoms with Gasteiger partial charge in [-0.2, -0.15) is 17.7 Å². The van der Waals surface area contributed by atoms with E-state index in [1.54, 1.807) is 16.8 Å². The van der Waals surface area contributed by atoms with E-state index < -0.39 is 0 Å². The molecule has 0 aliphatic carbocycles. The third-order valence-corrected chi connectivity index (χ3v) is 1.82. The first-order chi connectivity index (χ1) is 5.79. The zero-order valence-electron chi connectivity index (χ0n) is 6.31. The third kappa shape index (κ3) is 1.12. The number of rotatable bonds is 1. The van der Waals surface area contributed by atoms with Crippen molar-refractivity contribution in [2.45, 2.75) is 5.75 Å². The normalized spacial score (nSPS) is 10.8. The summed E-state index contributed by atoms with van der Waals surface area (Å²) >= 11 is 4.08. The molecule has 5 heteroatoms. The second-order valence-corrected chi connectivity index (χ2v) is 2.77. The average Bonchev–Trinajstić information content (AvgIpc) is 2.46. The lowest BCUT2D eigenvalue weighted by Gasteiger charge is -1.91. The highest BCUT2D eigenvalue weighted by Crippen LogP contribution is 2.06. The number of anilines is 1. The van der Waals surface area contributed by atoms with Crippen LogP contribution in [0.1, 0.15) is 5.82 Å². The van der Waals surface area contributed by atoms with Gasteiger partial charge in [-0.15, -0.1) is 0 Å². The minimum atomic E-state index is 0.543. The Morgan fingerprint density at radius 3 is 3.08 bits per heavy atom. The van der Waals surface area contributed by atoms with Crippen molar-refractivity contribution in [1.82, 2.24) is 14.6 Å². The van der Waals surface area contributed by atoms with Gasteiger partial charge in [0, 0.05) is 0 Å². The molecule has 0 aromatic carbocycles. The van der Waals surface area contributed by atoms with Crippen LogP contribution in [0.25, 0.3) is 5.65 Å². The van der Waals surface area contributed by atoms with Crippen molar-refractivity contribution in [3.8, 4) is 0 Å². The molecule has 0 amide bonds. The molecule has 2 N–H and O–H groups in total. The van der Waals surface area contributed by atoms with Crippen molar-refractivity contribution in [3.05, 3.63) is 24.2 Å². The summed E-state index contributed by atoms with van der Waals surface area (Å²) in [6.45, 7) is 0. The van der Waals surface area contributed by atoms with Crippen LogP contribution in [0.5, 0.6) is 0 Å². The standard InChI is InChI=1S/C7H8N4S/c8-5-1-2-7-9-6(4-12)10-11(7)3-5/h1-3,12H,4,8H2. The largest absolute Gasteiger partial charge is 0.397 e. The van der Waals surface area contributed by atoms with E-state index >= 15 is 0 Å². The average molecular weight is 180 g/mol. The number of nitrogen functional groups attached to an aromatic ring is 1. The van der Waals surface area contributed by atoms with Crippen LogP contribution in [0, 0.1) is 0 Å². The highest BCUT2D eigenvalue weighted by Gasteiger charge is 2.00. The van der Waals surface area contributed by atoms with Gasteiger partial charge >= 0.3 is 0 Å². The van der Waals surface area contributed by atoms with Crippen molar-refractivity contribution >= 4 is 24.0 Å². The Morgan fingerprint density at radius 1 is 1.50 bits per heavy atom. The van der Waals surface area contributed by atoms with E-state index in [1.165, 1.54) is 0 Å². The molecular weight excluding hydrogens is 172 g/mol. The summed E-state index contributed by atoms with van der Waals surface area (Å²) in [5.41, 5.74) is 7.04. The predicted octanol–water partition coefficient (Wildman–Crippen LogP) is 0.741. The molecule has 2 aromatic rings. The Morgan fingerprint density at radius 2 is 2.33 bits per heavy atom. The molecule has 0 bridgehead atoms. The molecule has 0 fully saturated rings. The van der Waals surface area contributed by atoms with Crippen LogP contribution in [0.4, 0.5) is 5.69 Å². The van der Waals surface area contributed by atoms with Gasteiger partial charge in [0.05, 0.1) is 17.6 Å². The van der Waals surface area contributed by atoms with Gasteiger partial charge in [-0.1, -0.05) is 0 Å². The Hall–Kier alpha value is -1.23. The first-order valence-electron chi connectivity index (χ1n) is 3.51. The molecule has 0 aliphatic rings. The maximum atomic E-state index is 5.57. The molecule has 0 atom stereocenters. The molecule has 0 aliphatic heterocycles. The lowest BCUT2D eigenvalue weighted by atomic mass is 10.4. The lowest BCUT2D eigenvalue weighted by molar-refractivity contribution is 0.927.